The van der Waals surface area contributed by atoms with Crippen molar-refractivity contribution in [1.82, 2.24) is 10.2 Å². The predicted octanol–water partition coefficient (Wildman–Crippen LogP) is 2.14. The Morgan fingerprint density at radius 2 is 1.85 bits per heavy atom. The summed E-state index contributed by atoms with van der Waals surface area (Å²) < 4.78 is 26.2. The summed E-state index contributed by atoms with van der Waals surface area (Å²) in [6.45, 7) is 6.37. The molecular weight excluding hydrogens is 350 g/mol. The second-order valence-electron chi connectivity index (χ2n) is 7.25. The summed E-state index contributed by atoms with van der Waals surface area (Å²) >= 11 is 0. The van der Waals surface area contributed by atoms with Crippen LogP contribution in [0.25, 0.3) is 0 Å². The largest absolute Gasteiger partial charge is 0.352 e. The summed E-state index contributed by atoms with van der Waals surface area (Å²) in [6.07, 6.45) is 5.04. The van der Waals surface area contributed by atoms with E-state index in [0.717, 1.165) is 24.9 Å². The second kappa shape index (κ2) is 8.39. The molecule has 26 heavy (non-hydrogen) atoms. The van der Waals surface area contributed by atoms with Gasteiger partial charge in [0.1, 0.15) is 0 Å². The van der Waals surface area contributed by atoms with Crippen LogP contribution in [0.5, 0.6) is 0 Å². The lowest BCUT2D eigenvalue weighted by atomic mass is 10.1. The molecule has 0 aliphatic carbocycles. The van der Waals surface area contributed by atoms with Gasteiger partial charge in [-0.15, -0.1) is 0 Å². The maximum absolute atomic E-state index is 12.5. The lowest BCUT2D eigenvalue weighted by Crippen LogP contribution is -2.38. The molecule has 7 heteroatoms. The molecule has 2 fully saturated rings. The summed E-state index contributed by atoms with van der Waals surface area (Å²) in [4.78, 5) is 14.9. The van der Waals surface area contributed by atoms with Crippen molar-refractivity contribution in [3.8, 4) is 0 Å². The first-order valence-corrected chi connectivity index (χ1v) is 11.2. The molecule has 1 aromatic rings. The Kier molecular flexibility index (Phi) is 6.19. The van der Waals surface area contributed by atoms with Gasteiger partial charge in [0.2, 0.25) is 10.0 Å². The van der Waals surface area contributed by atoms with Crippen LogP contribution in [-0.2, 0) is 10.0 Å². The van der Waals surface area contributed by atoms with E-state index in [9.17, 15) is 13.2 Å². The van der Waals surface area contributed by atoms with Gasteiger partial charge in [-0.2, -0.15) is 0 Å². The third kappa shape index (κ3) is 4.57. The highest BCUT2D eigenvalue weighted by Crippen LogP contribution is 2.28. The Bertz CT molecular complexity index is 742. The molecule has 144 valence electrons. The van der Waals surface area contributed by atoms with Crippen LogP contribution in [0, 0.1) is 6.92 Å². The molecule has 2 aliphatic heterocycles. The molecule has 1 N–H and O–H groups in total. The van der Waals surface area contributed by atoms with Crippen LogP contribution in [0.1, 0.15) is 48.0 Å². The van der Waals surface area contributed by atoms with Gasteiger partial charge < -0.3 is 10.2 Å². The Hall–Kier alpha value is -1.60. The minimum atomic E-state index is -3.28. The monoisotopic (exact) mass is 379 g/mol. The molecule has 0 spiro atoms. The molecule has 0 atom stereocenters. The number of sulfonamides is 1. The Morgan fingerprint density at radius 3 is 2.58 bits per heavy atom. The number of anilines is 1. The van der Waals surface area contributed by atoms with E-state index in [0.29, 0.717) is 30.8 Å². The number of hydrogen-bond acceptors (Lipinski definition) is 4. The second-order valence-corrected chi connectivity index (χ2v) is 9.27. The van der Waals surface area contributed by atoms with Gasteiger partial charge in [0.05, 0.1) is 11.4 Å². The van der Waals surface area contributed by atoms with E-state index in [1.165, 1.54) is 30.2 Å². The molecule has 0 saturated carbocycles. The molecule has 2 saturated heterocycles. The van der Waals surface area contributed by atoms with Crippen molar-refractivity contribution in [3.05, 3.63) is 29.3 Å². The number of nitrogens with one attached hydrogen (secondary N) is 1. The minimum absolute atomic E-state index is 0.137. The Morgan fingerprint density at radius 1 is 1.12 bits per heavy atom. The zero-order chi connectivity index (χ0) is 18.6. The van der Waals surface area contributed by atoms with Crippen molar-refractivity contribution in [1.29, 1.82) is 0 Å². The molecule has 0 bridgehead atoms. The third-order valence-corrected chi connectivity index (χ3v) is 7.08. The summed E-state index contributed by atoms with van der Waals surface area (Å²) in [5.74, 6) is 0.0430. The number of rotatable bonds is 6. The molecule has 1 aromatic carbocycles. The van der Waals surface area contributed by atoms with Crippen LogP contribution < -0.4 is 9.62 Å². The van der Waals surface area contributed by atoms with Crippen molar-refractivity contribution in [3.63, 3.8) is 0 Å². The number of benzene rings is 1. The van der Waals surface area contributed by atoms with Crippen LogP contribution in [-0.4, -0.2) is 57.7 Å². The molecule has 0 aromatic heterocycles. The average Bonchev–Trinajstić information content (AvgIpc) is 3.12. The summed E-state index contributed by atoms with van der Waals surface area (Å²) in [7, 11) is -3.28. The highest BCUT2D eigenvalue weighted by Gasteiger charge is 2.27. The molecule has 6 nitrogen and oxygen atoms in total. The van der Waals surface area contributed by atoms with Crippen LogP contribution in [0.3, 0.4) is 0 Å². The molecule has 2 heterocycles. The fraction of sp³-hybridized carbons (Fsp3) is 0.632. The lowest BCUT2D eigenvalue weighted by Gasteiger charge is -2.29. The van der Waals surface area contributed by atoms with E-state index < -0.39 is 10.0 Å². The molecule has 2 aliphatic rings. The number of hydrogen-bond donors (Lipinski definition) is 1. The predicted molar refractivity (Wildman–Crippen MR) is 104 cm³/mol. The van der Waals surface area contributed by atoms with Gasteiger partial charge in [0, 0.05) is 18.7 Å². The highest BCUT2D eigenvalue weighted by molar-refractivity contribution is 7.92. The molecule has 0 radical (unpaired) electrons. The van der Waals surface area contributed by atoms with Crippen molar-refractivity contribution in [2.24, 2.45) is 0 Å². The van der Waals surface area contributed by atoms with E-state index >= 15 is 0 Å². The zero-order valence-corrected chi connectivity index (χ0v) is 16.4. The first kappa shape index (κ1) is 19.2. The molecular formula is C19H29N3O3S. The van der Waals surface area contributed by atoms with Gasteiger partial charge in [0.25, 0.3) is 5.91 Å². The number of nitrogens with zero attached hydrogens (tertiary/aromatic N) is 2. The van der Waals surface area contributed by atoms with Crippen molar-refractivity contribution in [2.75, 3.05) is 42.8 Å². The fourth-order valence-electron chi connectivity index (χ4n) is 3.69. The van der Waals surface area contributed by atoms with Crippen LogP contribution in [0.2, 0.25) is 0 Å². The number of likely N-dealkylation sites (tertiary alicyclic amines) is 1. The first-order chi connectivity index (χ1) is 12.5. The van der Waals surface area contributed by atoms with Crippen LogP contribution in [0.15, 0.2) is 18.2 Å². The number of amides is 1. The van der Waals surface area contributed by atoms with Crippen LogP contribution in [0.4, 0.5) is 5.69 Å². The molecule has 1 amide bonds. The van der Waals surface area contributed by atoms with Gasteiger partial charge in [0.15, 0.2) is 0 Å². The minimum Gasteiger partial charge on any atom is -0.352 e. The van der Waals surface area contributed by atoms with Crippen molar-refractivity contribution < 1.29 is 13.2 Å². The standard InChI is InChI=1S/C19H29N3O3S/c1-16-7-8-17(15-18(16)22-13-4-5-14-26(22,24)25)19(23)20-9-6-12-21-10-2-3-11-21/h7-8,15H,2-6,9-14H2,1H3,(H,20,23). The number of carbonyl (C=O) groups is 1. The highest BCUT2D eigenvalue weighted by atomic mass is 32.2. The molecule has 0 unspecified atom stereocenters. The summed E-state index contributed by atoms with van der Waals surface area (Å²) in [5.41, 5.74) is 2.03. The van der Waals surface area contributed by atoms with Crippen molar-refractivity contribution in [2.45, 2.75) is 39.0 Å². The summed E-state index contributed by atoms with van der Waals surface area (Å²) in [6, 6.07) is 5.32. The number of aryl methyl sites for hydroxylation is 1. The van der Waals surface area contributed by atoms with E-state index in [2.05, 4.69) is 10.2 Å². The Labute approximate surface area is 156 Å². The fourth-order valence-corrected chi connectivity index (χ4v) is 5.38. The van der Waals surface area contributed by atoms with Gasteiger partial charge >= 0.3 is 0 Å². The van der Waals surface area contributed by atoms with Gasteiger partial charge in [-0.25, -0.2) is 8.42 Å². The SMILES string of the molecule is Cc1ccc(C(=O)NCCCN2CCCC2)cc1N1CCCCS1(=O)=O. The van der Waals surface area contributed by atoms with E-state index in [-0.39, 0.29) is 11.7 Å². The third-order valence-electron chi connectivity index (χ3n) is 5.22. The van der Waals surface area contributed by atoms with Gasteiger partial charge in [-0.05, 0) is 76.4 Å². The maximum atomic E-state index is 12.5. The van der Waals surface area contributed by atoms with E-state index in [1.807, 2.05) is 13.0 Å². The summed E-state index contributed by atoms with van der Waals surface area (Å²) in [5, 5.41) is 2.96. The Balaban J connectivity index is 1.61. The lowest BCUT2D eigenvalue weighted by molar-refractivity contribution is 0.0952. The van der Waals surface area contributed by atoms with Crippen molar-refractivity contribution >= 4 is 21.6 Å². The number of carbonyl (C=O) groups excluding carboxylic acids is 1. The first-order valence-electron chi connectivity index (χ1n) is 9.59. The normalized spacial score (nSPS) is 20.3. The topological polar surface area (TPSA) is 69.7 Å². The average molecular weight is 380 g/mol. The van der Waals surface area contributed by atoms with Gasteiger partial charge in [-0.3, -0.25) is 9.10 Å². The zero-order valence-electron chi connectivity index (χ0n) is 15.5. The smallest absolute Gasteiger partial charge is 0.251 e. The van der Waals surface area contributed by atoms with Crippen LogP contribution >= 0.6 is 0 Å². The quantitative estimate of drug-likeness (QED) is 0.769. The maximum Gasteiger partial charge on any atom is 0.251 e. The van der Waals surface area contributed by atoms with Gasteiger partial charge in [-0.1, -0.05) is 6.07 Å². The van der Waals surface area contributed by atoms with E-state index in [1.54, 1.807) is 12.1 Å². The molecule has 3 rings (SSSR count). The van der Waals surface area contributed by atoms with E-state index in [4.69, 9.17) is 0 Å².